The predicted octanol–water partition coefficient (Wildman–Crippen LogP) is 5.56. The first kappa shape index (κ1) is 20.5. The Balaban J connectivity index is 1.75. The number of amides is 1. The molecule has 0 bridgehead atoms. The van der Waals surface area contributed by atoms with Gasteiger partial charge < -0.3 is 4.74 Å². The van der Waals surface area contributed by atoms with E-state index in [4.69, 9.17) is 27.9 Å². The summed E-state index contributed by atoms with van der Waals surface area (Å²) in [6, 6.07) is 5.05. The molecule has 0 spiro atoms. The molecule has 0 saturated carbocycles. The quantitative estimate of drug-likeness (QED) is 0.374. The maximum atomic E-state index is 12.0. The van der Waals surface area contributed by atoms with Gasteiger partial charge in [-0.15, -0.1) is 0 Å². The largest absolute Gasteiger partial charge is 0.492 e. The standard InChI is InChI=1S/C20H24Cl2N2O2/c1-13(2)15-7-6-14(3)18(11-15)23-24-20(25)5-4-10-26-19-9-8-16(21)12-17(19)22/h6,8-9,12,15H,1,4-5,7,10-11H2,2-3H3,(H,24,25)/b23-18-/t15-/m1/s1. The fourth-order valence-corrected chi connectivity index (χ4v) is 3.08. The molecule has 0 aromatic heterocycles. The molecule has 0 saturated heterocycles. The van der Waals surface area contributed by atoms with E-state index in [2.05, 4.69) is 23.2 Å². The highest BCUT2D eigenvalue weighted by Gasteiger charge is 2.18. The van der Waals surface area contributed by atoms with Gasteiger partial charge in [-0.3, -0.25) is 4.79 Å². The van der Waals surface area contributed by atoms with Gasteiger partial charge in [0, 0.05) is 11.4 Å². The van der Waals surface area contributed by atoms with E-state index in [1.807, 2.05) is 13.8 Å². The van der Waals surface area contributed by atoms with Crippen molar-refractivity contribution in [3.8, 4) is 5.75 Å². The Kier molecular flexibility index (Phi) is 7.73. The van der Waals surface area contributed by atoms with Crippen molar-refractivity contribution in [1.29, 1.82) is 0 Å². The van der Waals surface area contributed by atoms with Gasteiger partial charge >= 0.3 is 0 Å². The van der Waals surface area contributed by atoms with Gasteiger partial charge in [-0.2, -0.15) is 5.10 Å². The van der Waals surface area contributed by atoms with Gasteiger partial charge in [0.15, 0.2) is 0 Å². The van der Waals surface area contributed by atoms with Crippen LogP contribution in [-0.2, 0) is 4.79 Å². The normalized spacial score (nSPS) is 18.4. The van der Waals surface area contributed by atoms with Gasteiger partial charge in [0.05, 0.1) is 17.3 Å². The van der Waals surface area contributed by atoms with Crippen molar-refractivity contribution >= 4 is 34.8 Å². The minimum atomic E-state index is -0.131. The van der Waals surface area contributed by atoms with Crippen LogP contribution in [0.4, 0.5) is 0 Å². The van der Waals surface area contributed by atoms with Crippen molar-refractivity contribution in [1.82, 2.24) is 5.43 Å². The van der Waals surface area contributed by atoms with Crippen LogP contribution in [-0.4, -0.2) is 18.2 Å². The van der Waals surface area contributed by atoms with Crippen molar-refractivity contribution < 1.29 is 9.53 Å². The van der Waals surface area contributed by atoms with E-state index < -0.39 is 0 Å². The zero-order valence-electron chi connectivity index (χ0n) is 15.1. The topological polar surface area (TPSA) is 50.7 Å². The first-order valence-corrected chi connectivity index (χ1v) is 9.38. The molecule has 0 radical (unpaired) electrons. The SMILES string of the molecule is C=C(C)[C@@H]1CC=C(C)/C(=N\NC(=O)CCCOc2ccc(Cl)cc2Cl)C1. The summed E-state index contributed by atoms with van der Waals surface area (Å²) in [6.45, 7) is 8.46. The summed E-state index contributed by atoms with van der Waals surface area (Å²) in [5.74, 6) is 0.825. The molecule has 1 aliphatic carbocycles. The molecule has 0 unspecified atom stereocenters. The smallest absolute Gasteiger partial charge is 0.240 e. The molecule has 4 nitrogen and oxygen atoms in total. The lowest BCUT2D eigenvalue weighted by Gasteiger charge is -2.22. The van der Waals surface area contributed by atoms with E-state index in [0.717, 1.165) is 29.7 Å². The van der Waals surface area contributed by atoms with Crippen LogP contribution in [0.25, 0.3) is 0 Å². The van der Waals surface area contributed by atoms with Gasteiger partial charge in [-0.1, -0.05) is 41.4 Å². The molecule has 0 aliphatic heterocycles. The maximum Gasteiger partial charge on any atom is 0.240 e. The lowest BCUT2D eigenvalue weighted by atomic mass is 9.85. The second-order valence-electron chi connectivity index (χ2n) is 6.49. The Hall–Kier alpha value is -1.78. The summed E-state index contributed by atoms with van der Waals surface area (Å²) in [7, 11) is 0. The molecule has 1 atom stereocenters. The average molecular weight is 395 g/mol. The number of ether oxygens (including phenoxy) is 1. The Bertz CT molecular complexity index is 741. The van der Waals surface area contributed by atoms with Crippen LogP contribution in [0.1, 0.15) is 39.5 Å². The molecule has 1 aliphatic rings. The molecular weight excluding hydrogens is 371 g/mol. The van der Waals surface area contributed by atoms with Crippen molar-refractivity contribution in [2.75, 3.05) is 6.61 Å². The minimum absolute atomic E-state index is 0.131. The molecule has 1 aromatic carbocycles. The van der Waals surface area contributed by atoms with E-state index in [1.165, 1.54) is 0 Å². The lowest BCUT2D eigenvalue weighted by molar-refractivity contribution is -0.121. The number of nitrogens with zero attached hydrogens (tertiary/aromatic N) is 1. The van der Waals surface area contributed by atoms with E-state index in [1.54, 1.807) is 18.2 Å². The highest BCUT2D eigenvalue weighted by molar-refractivity contribution is 6.35. The van der Waals surface area contributed by atoms with Gasteiger partial charge in [0.25, 0.3) is 0 Å². The molecular formula is C20H24Cl2N2O2. The Morgan fingerprint density at radius 2 is 2.19 bits per heavy atom. The summed E-state index contributed by atoms with van der Waals surface area (Å²) in [5, 5.41) is 5.30. The zero-order chi connectivity index (χ0) is 19.1. The highest BCUT2D eigenvalue weighted by Crippen LogP contribution is 2.28. The van der Waals surface area contributed by atoms with Crippen molar-refractivity contribution in [3.63, 3.8) is 0 Å². The van der Waals surface area contributed by atoms with E-state index in [0.29, 0.717) is 41.2 Å². The number of rotatable bonds is 7. The number of nitrogens with one attached hydrogen (secondary N) is 1. The molecule has 1 aromatic rings. The Labute approximate surface area is 164 Å². The molecule has 1 N–H and O–H groups in total. The van der Waals surface area contributed by atoms with E-state index in [-0.39, 0.29) is 5.91 Å². The third kappa shape index (κ3) is 6.19. The van der Waals surface area contributed by atoms with E-state index in [9.17, 15) is 4.79 Å². The van der Waals surface area contributed by atoms with Gasteiger partial charge in [0.1, 0.15) is 5.75 Å². The molecule has 140 valence electrons. The maximum absolute atomic E-state index is 12.0. The van der Waals surface area contributed by atoms with Crippen LogP contribution >= 0.6 is 23.2 Å². The van der Waals surface area contributed by atoms with Gasteiger partial charge in [-0.25, -0.2) is 5.43 Å². The number of hydrogen-bond acceptors (Lipinski definition) is 3. The number of hydrazone groups is 1. The summed E-state index contributed by atoms with van der Waals surface area (Å²) < 4.78 is 5.57. The number of carbonyl (C=O) groups is 1. The fraction of sp³-hybridized carbons (Fsp3) is 0.400. The average Bonchev–Trinajstić information content (AvgIpc) is 2.59. The predicted molar refractivity (Wildman–Crippen MR) is 108 cm³/mol. The van der Waals surface area contributed by atoms with E-state index >= 15 is 0 Å². The molecule has 1 amide bonds. The molecule has 0 heterocycles. The number of benzene rings is 1. The van der Waals surface area contributed by atoms with Crippen LogP contribution in [0, 0.1) is 5.92 Å². The van der Waals surface area contributed by atoms with Crippen LogP contribution in [0.15, 0.2) is 47.1 Å². The van der Waals surface area contributed by atoms with Gasteiger partial charge in [-0.05, 0) is 62.8 Å². The molecule has 6 heteroatoms. The second-order valence-corrected chi connectivity index (χ2v) is 7.33. The first-order valence-electron chi connectivity index (χ1n) is 8.62. The monoisotopic (exact) mass is 394 g/mol. The third-order valence-corrected chi connectivity index (χ3v) is 4.85. The Morgan fingerprint density at radius 1 is 1.42 bits per heavy atom. The van der Waals surface area contributed by atoms with Crippen molar-refractivity contribution in [2.24, 2.45) is 11.0 Å². The first-order chi connectivity index (χ1) is 12.4. The Morgan fingerprint density at radius 3 is 2.88 bits per heavy atom. The number of allylic oxidation sites excluding steroid dienone is 3. The third-order valence-electron chi connectivity index (χ3n) is 4.32. The summed E-state index contributed by atoms with van der Waals surface area (Å²) >= 11 is 11.9. The fourth-order valence-electron chi connectivity index (χ4n) is 2.62. The number of hydrogen-bond donors (Lipinski definition) is 1. The molecule has 0 fully saturated rings. The van der Waals surface area contributed by atoms with Crippen LogP contribution in [0.5, 0.6) is 5.75 Å². The molecule has 26 heavy (non-hydrogen) atoms. The van der Waals surface area contributed by atoms with Crippen molar-refractivity contribution in [3.05, 3.63) is 52.0 Å². The summed E-state index contributed by atoms with van der Waals surface area (Å²) in [6.07, 6.45) is 4.85. The summed E-state index contributed by atoms with van der Waals surface area (Å²) in [4.78, 5) is 12.0. The lowest BCUT2D eigenvalue weighted by Crippen LogP contribution is -2.23. The number of halogens is 2. The van der Waals surface area contributed by atoms with Gasteiger partial charge in [0.2, 0.25) is 5.91 Å². The van der Waals surface area contributed by atoms with Crippen LogP contribution in [0.2, 0.25) is 10.0 Å². The molecule has 2 rings (SSSR count). The van der Waals surface area contributed by atoms with Crippen LogP contribution in [0.3, 0.4) is 0 Å². The highest BCUT2D eigenvalue weighted by atomic mass is 35.5. The summed E-state index contributed by atoms with van der Waals surface area (Å²) in [5.41, 5.74) is 5.82. The minimum Gasteiger partial charge on any atom is -0.492 e. The van der Waals surface area contributed by atoms with Crippen LogP contribution < -0.4 is 10.2 Å². The number of carbonyl (C=O) groups excluding carboxylic acids is 1. The zero-order valence-corrected chi connectivity index (χ0v) is 16.7. The van der Waals surface area contributed by atoms with Crippen molar-refractivity contribution in [2.45, 2.75) is 39.5 Å². The second kappa shape index (κ2) is 9.79.